The zero-order valence-electron chi connectivity index (χ0n) is 11.0. The molecule has 0 aliphatic rings. The van der Waals surface area contributed by atoms with Crippen LogP contribution in [-0.4, -0.2) is 21.1 Å². The number of hydrogen-bond acceptors (Lipinski definition) is 3. The van der Waals surface area contributed by atoms with Gasteiger partial charge in [-0.3, -0.25) is 9.89 Å². The standard InChI is InChI=1S/C13H15ClN4O/c1-13(2,3)9-7-10(18-17-9)16-12(19)8-5-4-6-15-11(8)14/h4-7H,1-3H3,(H2,16,17,18,19). The normalized spacial score (nSPS) is 11.4. The van der Waals surface area contributed by atoms with Gasteiger partial charge in [0.25, 0.3) is 5.91 Å². The van der Waals surface area contributed by atoms with Gasteiger partial charge in [-0.05, 0) is 12.1 Å². The summed E-state index contributed by atoms with van der Waals surface area (Å²) in [6, 6.07) is 5.08. The lowest BCUT2D eigenvalue weighted by molar-refractivity contribution is 0.102. The molecule has 0 atom stereocenters. The highest BCUT2D eigenvalue weighted by Crippen LogP contribution is 2.22. The highest BCUT2D eigenvalue weighted by molar-refractivity contribution is 6.33. The Kier molecular flexibility index (Phi) is 3.57. The van der Waals surface area contributed by atoms with E-state index in [1.54, 1.807) is 12.1 Å². The second-order valence-electron chi connectivity index (χ2n) is 5.21. The summed E-state index contributed by atoms with van der Waals surface area (Å²) in [6.07, 6.45) is 1.53. The molecule has 0 fully saturated rings. The number of pyridine rings is 1. The summed E-state index contributed by atoms with van der Waals surface area (Å²) in [7, 11) is 0. The van der Waals surface area contributed by atoms with Crippen molar-refractivity contribution in [3.05, 3.63) is 40.8 Å². The van der Waals surface area contributed by atoms with E-state index in [2.05, 4.69) is 41.3 Å². The highest BCUT2D eigenvalue weighted by atomic mass is 35.5. The molecule has 2 rings (SSSR count). The Hall–Kier alpha value is -1.88. The summed E-state index contributed by atoms with van der Waals surface area (Å²) in [6.45, 7) is 6.18. The SMILES string of the molecule is CC(C)(C)c1cc(NC(=O)c2cccnc2Cl)n[nH]1. The molecule has 5 nitrogen and oxygen atoms in total. The van der Waals surface area contributed by atoms with E-state index in [-0.39, 0.29) is 16.5 Å². The quantitative estimate of drug-likeness (QED) is 0.830. The highest BCUT2D eigenvalue weighted by Gasteiger charge is 2.18. The molecular weight excluding hydrogens is 264 g/mol. The number of aromatic nitrogens is 3. The van der Waals surface area contributed by atoms with E-state index in [1.165, 1.54) is 6.20 Å². The number of aromatic amines is 1. The first-order chi connectivity index (χ1) is 8.88. The van der Waals surface area contributed by atoms with Crippen LogP contribution in [-0.2, 0) is 5.41 Å². The minimum atomic E-state index is -0.329. The molecule has 0 spiro atoms. The summed E-state index contributed by atoms with van der Waals surface area (Å²) in [5, 5.41) is 9.82. The number of carbonyl (C=O) groups excluding carboxylic acids is 1. The van der Waals surface area contributed by atoms with Crippen LogP contribution >= 0.6 is 11.6 Å². The lowest BCUT2D eigenvalue weighted by Gasteiger charge is -2.14. The molecule has 0 saturated heterocycles. The Labute approximate surface area is 116 Å². The van der Waals surface area contributed by atoms with E-state index < -0.39 is 0 Å². The van der Waals surface area contributed by atoms with Gasteiger partial charge in [0.1, 0.15) is 5.15 Å². The molecular formula is C13H15ClN4O. The van der Waals surface area contributed by atoms with E-state index in [0.717, 1.165) is 5.69 Å². The lowest BCUT2D eigenvalue weighted by atomic mass is 9.92. The molecule has 0 unspecified atom stereocenters. The number of H-pyrrole nitrogens is 1. The van der Waals surface area contributed by atoms with Crippen molar-refractivity contribution < 1.29 is 4.79 Å². The van der Waals surface area contributed by atoms with Gasteiger partial charge in [0.05, 0.1) is 5.56 Å². The summed E-state index contributed by atoms with van der Waals surface area (Å²) in [5.41, 5.74) is 1.21. The number of halogens is 1. The summed E-state index contributed by atoms with van der Waals surface area (Å²) < 4.78 is 0. The van der Waals surface area contributed by atoms with Crippen LogP contribution in [0.1, 0.15) is 36.8 Å². The van der Waals surface area contributed by atoms with Gasteiger partial charge in [0.15, 0.2) is 5.82 Å². The number of carbonyl (C=O) groups is 1. The third kappa shape index (κ3) is 3.12. The fraction of sp³-hybridized carbons (Fsp3) is 0.308. The Bertz CT molecular complexity index is 601. The fourth-order valence-electron chi connectivity index (χ4n) is 1.51. The van der Waals surface area contributed by atoms with Crippen LogP contribution in [0.25, 0.3) is 0 Å². The van der Waals surface area contributed by atoms with Crippen LogP contribution in [0.3, 0.4) is 0 Å². The van der Waals surface area contributed by atoms with Gasteiger partial charge in [-0.15, -0.1) is 0 Å². The third-order valence-electron chi connectivity index (χ3n) is 2.63. The van der Waals surface area contributed by atoms with E-state index >= 15 is 0 Å². The number of nitrogens with zero attached hydrogens (tertiary/aromatic N) is 2. The van der Waals surface area contributed by atoms with Crippen molar-refractivity contribution in [3.8, 4) is 0 Å². The number of amides is 1. The zero-order chi connectivity index (χ0) is 14.0. The zero-order valence-corrected chi connectivity index (χ0v) is 11.7. The lowest BCUT2D eigenvalue weighted by Crippen LogP contribution is -2.13. The maximum Gasteiger partial charge on any atom is 0.259 e. The second-order valence-corrected chi connectivity index (χ2v) is 5.57. The van der Waals surface area contributed by atoms with Crippen LogP contribution in [0, 0.1) is 0 Å². The summed E-state index contributed by atoms with van der Waals surface area (Å²) >= 11 is 5.86. The largest absolute Gasteiger partial charge is 0.305 e. The maximum absolute atomic E-state index is 12.0. The number of hydrogen-bond donors (Lipinski definition) is 2. The Balaban J connectivity index is 2.16. The first-order valence-corrected chi connectivity index (χ1v) is 6.23. The minimum Gasteiger partial charge on any atom is -0.305 e. The number of anilines is 1. The molecule has 19 heavy (non-hydrogen) atoms. The molecule has 6 heteroatoms. The number of rotatable bonds is 2. The number of nitrogens with one attached hydrogen (secondary N) is 2. The smallest absolute Gasteiger partial charge is 0.259 e. The van der Waals surface area contributed by atoms with Gasteiger partial charge >= 0.3 is 0 Å². The Morgan fingerprint density at radius 1 is 1.42 bits per heavy atom. The minimum absolute atomic E-state index is 0.0536. The van der Waals surface area contributed by atoms with Crippen LogP contribution in [0.2, 0.25) is 5.15 Å². The van der Waals surface area contributed by atoms with Gasteiger partial charge in [-0.1, -0.05) is 32.4 Å². The van der Waals surface area contributed by atoms with E-state index in [0.29, 0.717) is 11.4 Å². The summed E-state index contributed by atoms with van der Waals surface area (Å²) in [5.74, 6) is 0.139. The molecule has 0 bridgehead atoms. The molecule has 0 aliphatic heterocycles. The van der Waals surface area contributed by atoms with Crippen molar-refractivity contribution in [1.82, 2.24) is 15.2 Å². The fourth-order valence-corrected chi connectivity index (χ4v) is 1.71. The Morgan fingerprint density at radius 3 is 2.74 bits per heavy atom. The van der Waals surface area contributed by atoms with Gasteiger partial charge < -0.3 is 5.32 Å². The Morgan fingerprint density at radius 2 is 2.16 bits per heavy atom. The van der Waals surface area contributed by atoms with Crippen molar-refractivity contribution in [2.45, 2.75) is 26.2 Å². The van der Waals surface area contributed by atoms with Crippen molar-refractivity contribution in [2.24, 2.45) is 0 Å². The molecule has 2 heterocycles. The van der Waals surface area contributed by atoms with Crippen LogP contribution in [0.4, 0.5) is 5.82 Å². The second kappa shape index (κ2) is 5.01. The van der Waals surface area contributed by atoms with Crippen molar-refractivity contribution in [3.63, 3.8) is 0 Å². The van der Waals surface area contributed by atoms with Crippen molar-refractivity contribution >= 4 is 23.3 Å². The molecule has 100 valence electrons. The topological polar surface area (TPSA) is 70.7 Å². The third-order valence-corrected chi connectivity index (χ3v) is 2.93. The first-order valence-electron chi connectivity index (χ1n) is 5.85. The molecule has 0 aliphatic carbocycles. The van der Waals surface area contributed by atoms with Crippen LogP contribution in [0.5, 0.6) is 0 Å². The average molecular weight is 279 g/mol. The molecule has 2 aromatic rings. The van der Waals surface area contributed by atoms with Crippen LogP contribution in [0.15, 0.2) is 24.4 Å². The van der Waals surface area contributed by atoms with E-state index in [9.17, 15) is 4.79 Å². The van der Waals surface area contributed by atoms with E-state index in [1.807, 2.05) is 6.07 Å². The maximum atomic E-state index is 12.0. The average Bonchev–Trinajstić information content (AvgIpc) is 2.77. The molecule has 2 aromatic heterocycles. The van der Waals surface area contributed by atoms with Gasteiger partial charge in [-0.25, -0.2) is 4.98 Å². The van der Waals surface area contributed by atoms with Gasteiger partial charge in [-0.2, -0.15) is 5.10 Å². The molecule has 0 saturated carbocycles. The van der Waals surface area contributed by atoms with Gasteiger partial charge in [0.2, 0.25) is 0 Å². The molecule has 0 aromatic carbocycles. The van der Waals surface area contributed by atoms with Crippen molar-refractivity contribution in [2.75, 3.05) is 5.32 Å². The van der Waals surface area contributed by atoms with E-state index in [4.69, 9.17) is 11.6 Å². The van der Waals surface area contributed by atoms with Crippen molar-refractivity contribution in [1.29, 1.82) is 0 Å². The summed E-state index contributed by atoms with van der Waals surface area (Å²) in [4.78, 5) is 15.9. The molecule has 0 radical (unpaired) electrons. The molecule has 1 amide bonds. The first kappa shape index (κ1) is 13.5. The predicted molar refractivity (Wildman–Crippen MR) is 74.5 cm³/mol. The van der Waals surface area contributed by atoms with Gasteiger partial charge in [0, 0.05) is 23.4 Å². The monoisotopic (exact) mass is 278 g/mol. The molecule has 2 N–H and O–H groups in total. The predicted octanol–water partition coefficient (Wildman–Crippen LogP) is 3.01. The van der Waals surface area contributed by atoms with Crippen LogP contribution < -0.4 is 5.32 Å².